The van der Waals surface area contributed by atoms with Crippen LogP contribution in [0.15, 0.2) is 83.0 Å². The predicted molar refractivity (Wildman–Crippen MR) is 133 cm³/mol. The Morgan fingerprint density at radius 1 is 0.500 bits per heavy atom. The van der Waals surface area contributed by atoms with Crippen LogP contribution in [0.4, 0.5) is 11.4 Å². The summed E-state index contributed by atoms with van der Waals surface area (Å²) in [5.41, 5.74) is 0.980. The van der Waals surface area contributed by atoms with Gasteiger partial charge >= 0.3 is 24.0 Å². The molecule has 0 saturated carbocycles. The molecule has 0 unspecified atom stereocenters. The van der Waals surface area contributed by atoms with Crippen molar-refractivity contribution in [1.29, 1.82) is 0 Å². The number of azo groups is 1. The molecule has 0 amide bonds. The van der Waals surface area contributed by atoms with Crippen molar-refractivity contribution < 1.29 is 18.9 Å². The van der Waals surface area contributed by atoms with Gasteiger partial charge in [0.1, 0.15) is 22.9 Å². The van der Waals surface area contributed by atoms with Crippen molar-refractivity contribution in [2.45, 2.75) is 0 Å². The van der Waals surface area contributed by atoms with E-state index in [9.17, 15) is 0 Å². The van der Waals surface area contributed by atoms with Gasteiger partial charge in [0.25, 0.3) is 0 Å². The van der Waals surface area contributed by atoms with Crippen LogP contribution < -0.4 is 18.9 Å². The van der Waals surface area contributed by atoms with Crippen LogP contribution in [0.25, 0.3) is 0 Å². The molecule has 0 radical (unpaired) electrons. The Hall–Kier alpha value is -4.94. The van der Waals surface area contributed by atoms with Gasteiger partial charge in [0.05, 0.1) is 5.69 Å². The van der Waals surface area contributed by atoms with Crippen molar-refractivity contribution in [3.05, 3.63) is 83.4 Å². The van der Waals surface area contributed by atoms with E-state index in [1.54, 1.807) is 48.5 Å². The molecule has 6 rings (SSSR count). The van der Waals surface area contributed by atoms with Crippen molar-refractivity contribution in [3.8, 4) is 47.0 Å². The molecule has 5 aromatic rings. The van der Waals surface area contributed by atoms with E-state index in [0.717, 1.165) is 0 Å². The molecule has 3 aromatic carbocycles. The zero-order chi connectivity index (χ0) is 25.9. The van der Waals surface area contributed by atoms with Gasteiger partial charge in [-0.15, -0.1) is 15.1 Å². The van der Waals surface area contributed by atoms with Gasteiger partial charge in [0.15, 0.2) is 5.75 Å². The Kier molecular flexibility index (Phi) is 6.30. The van der Waals surface area contributed by atoms with Crippen LogP contribution in [0.1, 0.15) is 0 Å². The van der Waals surface area contributed by atoms with Crippen molar-refractivity contribution in [3.63, 3.8) is 0 Å². The topological polar surface area (TPSA) is 139 Å². The second kappa shape index (κ2) is 10.2. The minimum atomic E-state index is -0.154. The quantitative estimate of drug-likeness (QED) is 0.203. The summed E-state index contributed by atoms with van der Waals surface area (Å²) in [7, 11) is 0. The molecule has 3 heterocycles. The molecule has 0 atom stereocenters. The summed E-state index contributed by atoms with van der Waals surface area (Å²) in [5, 5.41) is 8.26. The van der Waals surface area contributed by atoms with Crippen LogP contribution in [-0.2, 0) is 0 Å². The van der Waals surface area contributed by atoms with E-state index in [2.05, 4.69) is 40.1 Å². The highest BCUT2D eigenvalue weighted by atomic mass is 35.5. The average molecular weight is 547 g/mol. The summed E-state index contributed by atoms with van der Waals surface area (Å²) in [5.74, 6) is 1.13. The van der Waals surface area contributed by atoms with Gasteiger partial charge in [-0.25, -0.2) is 0 Å². The molecule has 38 heavy (non-hydrogen) atoms. The highest BCUT2D eigenvalue weighted by Crippen LogP contribution is 2.37. The second-order valence-electron chi connectivity index (χ2n) is 7.39. The smallest absolute Gasteiger partial charge is 0.329 e. The molecule has 0 spiro atoms. The minimum Gasteiger partial charge on any atom is -0.424 e. The van der Waals surface area contributed by atoms with E-state index < -0.39 is 0 Å². The maximum absolute atomic E-state index is 6.12. The standard InChI is InChI=1S/C24H12Cl2N8O4/c25-19-27-21-31-22(28-19)37-16-9-10-17(34-33-13-5-2-1-3-6-13)18(12-16)38-24-30-20(26)29-23(32-24)36-15-8-4-7-14(11-15)35-21/h1-12H. The summed E-state index contributed by atoms with van der Waals surface area (Å²) in [4.78, 5) is 24.4. The van der Waals surface area contributed by atoms with Crippen LogP contribution >= 0.6 is 23.2 Å². The fourth-order valence-corrected chi connectivity index (χ4v) is 3.45. The Balaban J connectivity index is 1.46. The van der Waals surface area contributed by atoms with Gasteiger partial charge in [-0.2, -0.15) is 25.1 Å². The largest absolute Gasteiger partial charge is 0.424 e. The van der Waals surface area contributed by atoms with E-state index in [1.807, 2.05) is 18.2 Å². The molecular weight excluding hydrogens is 535 g/mol. The first kappa shape index (κ1) is 23.5. The third kappa shape index (κ3) is 5.56. The molecule has 0 fully saturated rings. The zero-order valence-electron chi connectivity index (χ0n) is 18.9. The SMILES string of the molecule is Clc1nc2nc(n1)Oc1ccc(N=Nc3ccccc3)c(c1)Oc1nc(Cl)nc(n1)Oc1cccc(c1)O2. The number of hydrogen-bond acceptors (Lipinski definition) is 12. The summed E-state index contributed by atoms with van der Waals surface area (Å²) >= 11 is 12.2. The highest BCUT2D eigenvalue weighted by Gasteiger charge is 2.16. The molecule has 1 aliphatic heterocycles. The zero-order valence-corrected chi connectivity index (χ0v) is 20.4. The maximum atomic E-state index is 6.12. The minimum absolute atomic E-state index is 0.0977. The van der Waals surface area contributed by atoms with E-state index in [1.165, 1.54) is 6.07 Å². The van der Waals surface area contributed by atoms with Crippen LogP contribution in [0.3, 0.4) is 0 Å². The molecule has 8 bridgehead atoms. The molecule has 0 saturated heterocycles. The van der Waals surface area contributed by atoms with Crippen LogP contribution in [0.5, 0.6) is 47.0 Å². The van der Waals surface area contributed by atoms with Gasteiger partial charge in [-0.1, -0.05) is 24.3 Å². The first-order valence-corrected chi connectivity index (χ1v) is 11.6. The Morgan fingerprint density at radius 2 is 1.05 bits per heavy atom. The van der Waals surface area contributed by atoms with Crippen molar-refractivity contribution in [2.75, 3.05) is 0 Å². The van der Waals surface area contributed by atoms with Crippen molar-refractivity contribution in [2.24, 2.45) is 10.2 Å². The van der Waals surface area contributed by atoms with E-state index >= 15 is 0 Å². The second-order valence-corrected chi connectivity index (χ2v) is 8.06. The number of rotatable bonds is 2. The van der Waals surface area contributed by atoms with E-state index in [0.29, 0.717) is 22.9 Å². The highest BCUT2D eigenvalue weighted by molar-refractivity contribution is 6.28. The Labute approximate surface area is 223 Å². The Bertz CT molecular complexity index is 1670. The lowest BCUT2D eigenvalue weighted by molar-refractivity contribution is 0.380. The first-order valence-electron chi connectivity index (χ1n) is 10.8. The molecule has 12 nitrogen and oxygen atoms in total. The van der Waals surface area contributed by atoms with Crippen molar-refractivity contribution >= 4 is 34.6 Å². The van der Waals surface area contributed by atoms with Gasteiger partial charge in [0.2, 0.25) is 10.6 Å². The first-order chi connectivity index (χ1) is 18.6. The molecule has 0 N–H and O–H groups in total. The fourth-order valence-electron chi connectivity index (χ4n) is 3.16. The van der Waals surface area contributed by atoms with Crippen molar-refractivity contribution in [1.82, 2.24) is 29.9 Å². The number of benzene rings is 3. The molecule has 0 aliphatic carbocycles. The fraction of sp³-hybridized carbons (Fsp3) is 0. The third-order valence-electron chi connectivity index (χ3n) is 4.73. The van der Waals surface area contributed by atoms with Crippen LogP contribution in [-0.4, -0.2) is 29.9 Å². The number of nitrogens with zero attached hydrogens (tertiary/aromatic N) is 8. The lowest BCUT2D eigenvalue weighted by Gasteiger charge is -2.12. The molecule has 14 heteroatoms. The summed E-state index contributed by atoms with van der Waals surface area (Å²) < 4.78 is 23.2. The van der Waals surface area contributed by atoms with Crippen LogP contribution in [0, 0.1) is 0 Å². The summed E-state index contributed by atoms with van der Waals surface area (Å²) in [6.07, 6.45) is 0. The van der Waals surface area contributed by atoms with Gasteiger partial charge in [-0.05, 0) is 59.6 Å². The van der Waals surface area contributed by atoms with Crippen LogP contribution in [0.2, 0.25) is 10.6 Å². The summed E-state index contributed by atoms with van der Waals surface area (Å²) in [6.45, 7) is 0. The Morgan fingerprint density at radius 3 is 1.66 bits per heavy atom. The molecule has 186 valence electrons. The van der Waals surface area contributed by atoms with Gasteiger partial charge in [-0.3, -0.25) is 0 Å². The number of halogens is 2. The number of hydrogen-bond donors (Lipinski definition) is 0. The lowest BCUT2D eigenvalue weighted by Crippen LogP contribution is -2.01. The van der Waals surface area contributed by atoms with Gasteiger partial charge < -0.3 is 18.9 Å². The predicted octanol–water partition coefficient (Wildman–Crippen LogP) is 7.26. The maximum Gasteiger partial charge on any atom is 0.329 e. The number of fused-ring (bicyclic) bond motifs is 8. The monoisotopic (exact) mass is 546 g/mol. The van der Waals surface area contributed by atoms with Gasteiger partial charge in [0, 0.05) is 12.1 Å². The molecule has 1 aliphatic rings. The van der Waals surface area contributed by atoms with E-state index in [4.69, 9.17) is 42.1 Å². The average Bonchev–Trinajstić information content (AvgIpc) is 2.88. The lowest BCUT2D eigenvalue weighted by atomic mass is 10.3. The van der Waals surface area contributed by atoms with E-state index in [-0.39, 0.29) is 46.1 Å². The summed E-state index contributed by atoms with van der Waals surface area (Å²) in [6, 6.07) is 20.0. The normalized spacial score (nSPS) is 12.2. The number of ether oxygens (including phenoxy) is 4. The molecule has 2 aromatic heterocycles. The number of aromatic nitrogens is 6. The molecular formula is C24H12Cl2N8O4. The third-order valence-corrected chi connectivity index (χ3v) is 5.07.